The fourth-order valence-corrected chi connectivity index (χ4v) is 3.60. The van der Waals surface area contributed by atoms with Crippen LogP contribution >= 0.6 is 0 Å². The summed E-state index contributed by atoms with van der Waals surface area (Å²) < 4.78 is 6.14. The highest BCUT2D eigenvalue weighted by Crippen LogP contribution is 2.29. The van der Waals surface area contributed by atoms with Crippen molar-refractivity contribution in [2.75, 3.05) is 18.0 Å². The number of benzene rings is 2. The number of fused-ring (bicyclic) bond motifs is 1. The van der Waals surface area contributed by atoms with E-state index in [0.717, 1.165) is 41.5 Å². The summed E-state index contributed by atoms with van der Waals surface area (Å²) in [5, 5.41) is 1.13. The van der Waals surface area contributed by atoms with E-state index < -0.39 is 0 Å². The molecule has 4 rings (SSSR count). The number of aryl methyl sites for hydroxylation is 1. The van der Waals surface area contributed by atoms with Crippen molar-refractivity contribution in [1.82, 2.24) is 4.98 Å². The average Bonchev–Trinajstić information content (AvgIpc) is 2.66. The van der Waals surface area contributed by atoms with Gasteiger partial charge < -0.3 is 9.64 Å². The molecule has 2 aromatic carbocycles. The molecule has 3 nitrogen and oxygen atoms in total. The topological polar surface area (TPSA) is 25.4 Å². The highest BCUT2D eigenvalue weighted by Gasteiger charge is 2.17. The van der Waals surface area contributed by atoms with Gasteiger partial charge >= 0.3 is 0 Å². The molecule has 134 valence electrons. The zero-order valence-electron chi connectivity index (χ0n) is 15.6. The number of hydrogen-bond acceptors (Lipinski definition) is 3. The van der Waals surface area contributed by atoms with Crippen LogP contribution in [-0.4, -0.2) is 18.1 Å². The summed E-state index contributed by atoms with van der Waals surface area (Å²) in [5.41, 5.74) is 3.39. The zero-order chi connectivity index (χ0) is 17.9. The zero-order valence-corrected chi connectivity index (χ0v) is 15.6. The lowest BCUT2D eigenvalue weighted by Crippen LogP contribution is -2.33. The van der Waals surface area contributed by atoms with Gasteiger partial charge in [-0.2, -0.15) is 0 Å². The third-order valence-electron chi connectivity index (χ3n) is 5.25. The van der Waals surface area contributed by atoms with Crippen LogP contribution in [0.15, 0.2) is 54.6 Å². The number of hydrogen-bond donors (Lipinski definition) is 0. The van der Waals surface area contributed by atoms with Gasteiger partial charge in [0.25, 0.3) is 0 Å². The normalized spacial score (nSPS) is 15.4. The summed E-state index contributed by atoms with van der Waals surface area (Å²) in [6, 6.07) is 18.9. The Hall–Kier alpha value is -2.55. The van der Waals surface area contributed by atoms with Gasteiger partial charge in [-0.3, -0.25) is 0 Å². The standard InChI is InChI=1S/C23H26N2O/c1-17-11-13-25(14-12-17)22-10-9-20-7-4-8-21(23(20)24-22)26-16-19-6-3-5-18(2)15-19/h3-10,15,17H,11-14,16H2,1-2H3. The van der Waals surface area contributed by atoms with E-state index in [0.29, 0.717) is 6.61 Å². The van der Waals surface area contributed by atoms with E-state index in [1.807, 2.05) is 12.1 Å². The highest BCUT2D eigenvalue weighted by molar-refractivity contribution is 5.86. The van der Waals surface area contributed by atoms with Crippen LogP contribution in [0.5, 0.6) is 5.75 Å². The first-order valence-electron chi connectivity index (χ1n) is 9.52. The van der Waals surface area contributed by atoms with E-state index in [1.165, 1.54) is 24.0 Å². The second kappa shape index (κ2) is 7.36. The first-order chi connectivity index (χ1) is 12.7. The maximum Gasteiger partial charge on any atom is 0.146 e. The van der Waals surface area contributed by atoms with Crippen molar-refractivity contribution in [3.05, 3.63) is 65.7 Å². The maximum absolute atomic E-state index is 6.14. The molecule has 0 spiro atoms. The van der Waals surface area contributed by atoms with Crippen molar-refractivity contribution in [3.63, 3.8) is 0 Å². The van der Waals surface area contributed by atoms with Crippen LogP contribution in [-0.2, 0) is 6.61 Å². The summed E-state index contributed by atoms with van der Waals surface area (Å²) >= 11 is 0. The van der Waals surface area contributed by atoms with Crippen molar-refractivity contribution in [2.45, 2.75) is 33.3 Å². The Labute approximate surface area is 155 Å². The van der Waals surface area contributed by atoms with Crippen LogP contribution in [0.25, 0.3) is 10.9 Å². The number of aromatic nitrogens is 1. The average molecular weight is 346 g/mol. The van der Waals surface area contributed by atoms with Crippen molar-refractivity contribution < 1.29 is 4.74 Å². The Morgan fingerprint density at radius 2 is 1.85 bits per heavy atom. The summed E-state index contributed by atoms with van der Waals surface area (Å²) in [4.78, 5) is 7.35. The van der Waals surface area contributed by atoms with Crippen LogP contribution in [0.4, 0.5) is 5.82 Å². The van der Waals surface area contributed by atoms with Gasteiger partial charge in [-0.15, -0.1) is 0 Å². The number of anilines is 1. The molecule has 1 aliphatic heterocycles. The van der Waals surface area contributed by atoms with Crippen LogP contribution in [0, 0.1) is 12.8 Å². The molecular formula is C23H26N2O. The third-order valence-corrected chi connectivity index (χ3v) is 5.25. The minimum atomic E-state index is 0.563. The first-order valence-corrected chi connectivity index (χ1v) is 9.52. The van der Waals surface area contributed by atoms with Gasteiger partial charge in [0.2, 0.25) is 0 Å². The van der Waals surface area contributed by atoms with Gasteiger partial charge in [-0.1, -0.05) is 48.9 Å². The van der Waals surface area contributed by atoms with E-state index in [1.54, 1.807) is 0 Å². The minimum Gasteiger partial charge on any atom is -0.487 e. The fraction of sp³-hybridized carbons (Fsp3) is 0.348. The van der Waals surface area contributed by atoms with Crippen molar-refractivity contribution in [2.24, 2.45) is 5.92 Å². The molecule has 0 atom stereocenters. The Morgan fingerprint density at radius 3 is 2.65 bits per heavy atom. The molecule has 1 aliphatic rings. The quantitative estimate of drug-likeness (QED) is 0.636. The van der Waals surface area contributed by atoms with Crippen molar-refractivity contribution in [1.29, 1.82) is 0 Å². The van der Waals surface area contributed by atoms with Crippen LogP contribution in [0.1, 0.15) is 30.9 Å². The molecule has 1 saturated heterocycles. The monoisotopic (exact) mass is 346 g/mol. The minimum absolute atomic E-state index is 0.563. The van der Waals surface area contributed by atoms with E-state index >= 15 is 0 Å². The number of piperidine rings is 1. The summed E-state index contributed by atoms with van der Waals surface area (Å²) in [5.74, 6) is 2.74. The van der Waals surface area contributed by atoms with Crippen LogP contribution in [0.2, 0.25) is 0 Å². The molecule has 0 radical (unpaired) electrons. The molecule has 26 heavy (non-hydrogen) atoms. The van der Waals surface area contributed by atoms with Gasteiger partial charge in [0, 0.05) is 18.5 Å². The molecule has 0 bridgehead atoms. The molecule has 0 aliphatic carbocycles. The highest BCUT2D eigenvalue weighted by atomic mass is 16.5. The smallest absolute Gasteiger partial charge is 0.146 e. The fourth-order valence-electron chi connectivity index (χ4n) is 3.60. The predicted molar refractivity (Wildman–Crippen MR) is 108 cm³/mol. The summed E-state index contributed by atoms with van der Waals surface area (Å²) in [6.45, 7) is 7.18. The Kier molecular flexibility index (Phi) is 4.79. The van der Waals surface area contributed by atoms with Crippen molar-refractivity contribution in [3.8, 4) is 5.75 Å². The van der Waals surface area contributed by atoms with Gasteiger partial charge in [-0.05, 0) is 49.4 Å². The summed E-state index contributed by atoms with van der Waals surface area (Å²) in [6.07, 6.45) is 2.48. The number of para-hydroxylation sites is 1. The first kappa shape index (κ1) is 16.9. The molecule has 0 N–H and O–H groups in total. The molecule has 0 amide bonds. The molecule has 1 aromatic heterocycles. The lowest BCUT2D eigenvalue weighted by molar-refractivity contribution is 0.309. The lowest BCUT2D eigenvalue weighted by Gasteiger charge is -2.31. The van der Waals surface area contributed by atoms with Crippen LogP contribution < -0.4 is 9.64 Å². The molecule has 1 fully saturated rings. The van der Waals surface area contributed by atoms with Crippen molar-refractivity contribution >= 4 is 16.7 Å². The van der Waals surface area contributed by atoms with E-state index in [4.69, 9.17) is 9.72 Å². The molecule has 3 heteroatoms. The SMILES string of the molecule is Cc1cccc(COc2cccc3ccc(N4CCC(C)CC4)nc23)c1. The Bertz CT molecular complexity index is 898. The number of ether oxygens (including phenoxy) is 1. The second-order valence-corrected chi connectivity index (χ2v) is 7.44. The summed E-state index contributed by atoms with van der Waals surface area (Å²) in [7, 11) is 0. The van der Waals surface area contributed by atoms with Gasteiger partial charge in [0.1, 0.15) is 23.7 Å². The Morgan fingerprint density at radius 1 is 1.04 bits per heavy atom. The largest absolute Gasteiger partial charge is 0.487 e. The molecule has 2 heterocycles. The number of rotatable bonds is 4. The Balaban J connectivity index is 1.59. The molecular weight excluding hydrogens is 320 g/mol. The molecule has 3 aromatic rings. The van der Waals surface area contributed by atoms with Gasteiger partial charge in [0.05, 0.1) is 0 Å². The van der Waals surface area contributed by atoms with E-state index in [2.05, 4.69) is 61.2 Å². The second-order valence-electron chi connectivity index (χ2n) is 7.44. The van der Waals surface area contributed by atoms with E-state index in [-0.39, 0.29) is 0 Å². The van der Waals surface area contributed by atoms with Gasteiger partial charge in [-0.25, -0.2) is 4.98 Å². The number of nitrogens with zero attached hydrogens (tertiary/aromatic N) is 2. The number of pyridine rings is 1. The predicted octanol–water partition coefficient (Wildman–Crippen LogP) is 5.36. The third kappa shape index (κ3) is 3.67. The maximum atomic E-state index is 6.14. The van der Waals surface area contributed by atoms with Crippen LogP contribution in [0.3, 0.4) is 0 Å². The van der Waals surface area contributed by atoms with E-state index in [9.17, 15) is 0 Å². The van der Waals surface area contributed by atoms with Gasteiger partial charge in [0.15, 0.2) is 0 Å². The molecule has 0 unspecified atom stereocenters. The lowest BCUT2D eigenvalue weighted by atomic mass is 9.99. The molecule has 0 saturated carbocycles.